The molecule has 0 aromatic heterocycles. The first-order chi connectivity index (χ1) is 12.8. The van der Waals surface area contributed by atoms with Crippen molar-refractivity contribution in [2.75, 3.05) is 26.9 Å². The highest BCUT2D eigenvalue weighted by Crippen LogP contribution is 2.33. The van der Waals surface area contributed by atoms with Crippen LogP contribution in [0.4, 0.5) is 0 Å². The second-order valence-corrected chi connectivity index (χ2v) is 8.09. The minimum absolute atomic E-state index is 0.0440. The van der Waals surface area contributed by atoms with Gasteiger partial charge in [0.25, 0.3) is 0 Å². The van der Waals surface area contributed by atoms with Crippen LogP contribution in [0.25, 0.3) is 0 Å². The van der Waals surface area contributed by atoms with Crippen LogP contribution < -0.4 is 18.9 Å². The van der Waals surface area contributed by atoms with Crippen molar-refractivity contribution < 1.29 is 27.7 Å². The van der Waals surface area contributed by atoms with Crippen molar-refractivity contribution in [3.05, 3.63) is 47.0 Å². The molecule has 1 atom stereocenters. The summed E-state index contributed by atoms with van der Waals surface area (Å²) in [5, 5.41) is 10.4. The van der Waals surface area contributed by atoms with E-state index in [-0.39, 0.29) is 17.2 Å². The first kappa shape index (κ1) is 19.5. The van der Waals surface area contributed by atoms with E-state index in [1.54, 1.807) is 30.3 Å². The third-order valence-electron chi connectivity index (χ3n) is 4.49. The van der Waals surface area contributed by atoms with Gasteiger partial charge in [-0.1, -0.05) is 6.07 Å². The second kappa shape index (κ2) is 7.75. The van der Waals surface area contributed by atoms with Gasteiger partial charge in [0.1, 0.15) is 23.9 Å². The Balaban J connectivity index is 1.76. The number of sulfonamides is 1. The molecule has 0 spiro atoms. The number of nitrogens with one attached hydrogen (secondary N) is 1. The van der Waals surface area contributed by atoms with Crippen molar-refractivity contribution in [3.8, 4) is 17.2 Å². The monoisotopic (exact) mass is 393 g/mol. The van der Waals surface area contributed by atoms with E-state index in [1.807, 2.05) is 13.8 Å². The molecule has 8 heteroatoms. The number of methoxy groups -OCH3 is 1. The Bertz CT molecular complexity index is 941. The molecule has 0 saturated carbocycles. The van der Waals surface area contributed by atoms with Gasteiger partial charge in [-0.05, 0) is 54.8 Å². The lowest BCUT2D eigenvalue weighted by Gasteiger charge is -2.20. The number of hydrogen-bond donors (Lipinski definition) is 2. The average molecular weight is 393 g/mol. The van der Waals surface area contributed by atoms with Crippen LogP contribution in [-0.4, -0.2) is 40.4 Å². The van der Waals surface area contributed by atoms with Crippen molar-refractivity contribution in [1.82, 2.24) is 4.72 Å². The molecule has 0 aliphatic carbocycles. The Morgan fingerprint density at radius 2 is 1.78 bits per heavy atom. The summed E-state index contributed by atoms with van der Waals surface area (Å²) < 4.78 is 44.0. The van der Waals surface area contributed by atoms with Gasteiger partial charge in [-0.2, -0.15) is 0 Å². The maximum Gasteiger partial charge on any atom is 0.244 e. The van der Waals surface area contributed by atoms with Crippen LogP contribution in [0.3, 0.4) is 0 Å². The summed E-state index contributed by atoms with van der Waals surface area (Å²) in [5.74, 6) is 1.41. The average Bonchev–Trinajstić information content (AvgIpc) is 2.67. The zero-order chi connectivity index (χ0) is 19.6. The van der Waals surface area contributed by atoms with E-state index in [4.69, 9.17) is 14.2 Å². The van der Waals surface area contributed by atoms with Crippen molar-refractivity contribution in [2.24, 2.45) is 0 Å². The molecule has 0 amide bonds. The zero-order valence-electron chi connectivity index (χ0n) is 15.5. The molecule has 1 aliphatic rings. The van der Waals surface area contributed by atoms with Crippen LogP contribution in [0.2, 0.25) is 0 Å². The quantitative estimate of drug-likeness (QED) is 0.781. The number of fused-ring (bicyclic) bond motifs is 1. The lowest BCUT2D eigenvalue weighted by atomic mass is 10.1. The zero-order valence-corrected chi connectivity index (χ0v) is 16.3. The maximum absolute atomic E-state index is 12.7. The number of aliphatic hydroxyl groups excluding tert-OH is 1. The van der Waals surface area contributed by atoms with Crippen molar-refractivity contribution in [2.45, 2.75) is 24.8 Å². The smallest absolute Gasteiger partial charge is 0.244 e. The van der Waals surface area contributed by atoms with Crippen molar-refractivity contribution >= 4 is 10.0 Å². The summed E-state index contributed by atoms with van der Waals surface area (Å²) in [6.07, 6.45) is -1.03. The summed E-state index contributed by atoms with van der Waals surface area (Å²) in [6.45, 7) is 4.45. The molecule has 2 aromatic rings. The third kappa shape index (κ3) is 4.18. The molecule has 0 bridgehead atoms. The van der Waals surface area contributed by atoms with Crippen molar-refractivity contribution in [1.29, 1.82) is 0 Å². The van der Waals surface area contributed by atoms with Crippen molar-refractivity contribution in [3.63, 3.8) is 0 Å². The van der Waals surface area contributed by atoms with Crippen LogP contribution >= 0.6 is 0 Å². The van der Waals surface area contributed by atoms with Gasteiger partial charge in [0.05, 0.1) is 13.2 Å². The Morgan fingerprint density at radius 3 is 2.48 bits per heavy atom. The Morgan fingerprint density at radius 1 is 1.11 bits per heavy atom. The maximum atomic E-state index is 12.7. The Labute approximate surface area is 158 Å². The highest BCUT2D eigenvalue weighted by atomic mass is 32.2. The number of ether oxygens (including phenoxy) is 3. The fourth-order valence-electron chi connectivity index (χ4n) is 2.78. The van der Waals surface area contributed by atoms with E-state index in [2.05, 4.69) is 4.72 Å². The summed E-state index contributed by atoms with van der Waals surface area (Å²) in [4.78, 5) is 0.0440. The number of benzene rings is 2. The van der Waals surface area contributed by atoms with E-state index in [1.165, 1.54) is 7.11 Å². The normalized spacial score (nSPS) is 14.7. The topological polar surface area (TPSA) is 94.1 Å². The predicted molar refractivity (Wildman–Crippen MR) is 100 cm³/mol. The van der Waals surface area contributed by atoms with Gasteiger partial charge >= 0.3 is 0 Å². The van der Waals surface area contributed by atoms with Crippen LogP contribution in [0.15, 0.2) is 35.2 Å². The fourth-order valence-corrected chi connectivity index (χ4v) is 4.06. The fraction of sp³-hybridized carbons (Fsp3) is 0.368. The van der Waals surface area contributed by atoms with Crippen LogP contribution in [0.5, 0.6) is 17.2 Å². The van der Waals surface area contributed by atoms with Gasteiger partial charge in [-0.3, -0.25) is 0 Å². The van der Waals surface area contributed by atoms with E-state index >= 15 is 0 Å². The SMILES string of the molecule is COc1cc(C)c(C)cc1S(=O)(=O)NCC(O)c1ccc2c(c1)OCCO2. The minimum Gasteiger partial charge on any atom is -0.495 e. The summed E-state index contributed by atoms with van der Waals surface area (Å²) in [7, 11) is -2.43. The van der Waals surface area contributed by atoms with Gasteiger partial charge in [0.2, 0.25) is 10.0 Å². The number of aliphatic hydroxyl groups is 1. The first-order valence-corrected chi connectivity index (χ1v) is 10.0. The van der Waals surface area contributed by atoms with Crippen LogP contribution in [0.1, 0.15) is 22.8 Å². The number of rotatable bonds is 6. The molecule has 2 N–H and O–H groups in total. The Hall–Kier alpha value is -2.29. The van der Waals surface area contributed by atoms with Crippen LogP contribution in [-0.2, 0) is 10.0 Å². The van der Waals surface area contributed by atoms with E-state index in [0.717, 1.165) is 11.1 Å². The number of aryl methyl sites for hydroxylation is 2. The van der Waals surface area contributed by atoms with Gasteiger partial charge in [0.15, 0.2) is 11.5 Å². The largest absolute Gasteiger partial charge is 0.495 e. The van der Waals surface area contributed by atoms with Gasteiger partial charge in [0, 0.05) is 6.54 Å². The molecule has 0 fully saturated rings. The number of hydrogen-bond acceptors (Lipinski definition) is 6. The first-order valence-electron chi connectivity index (χ1n) is 8.54. The summed E-state index contributed by atoms with van der Waals surface area (Å²) in [6, 6.07) is 8.29. The molecular formula is C19H23NO6S. The molecular weight excluding hydrogens is 370 g/mol. The lowest BCUT2D eigenvalue weighted by Crippen LogP contribution is -2.29. The van der Waals surface area contributed by atoms with E-state index < -0.39 is 16.1 Å². The van der Waals surface area contributed by atoms with E-state index in [0.29, 0.717) is 30.3 Å². The molecule has 0 saturated heterocycles. The van der Waals surface area contributed by atoms with Gasteiger partial charge in [-0.25, -0.2) is 13.1 Å². The minimum atomic E-state index is -3.85. The summed E-state index contributed by atoms with van der Waals surface area (Å²) >= 11 is 0. The molecule has 0 radical (unpaired) electrons. The molecule has 1 unspecified atom stereocenters. The molecule has 2 aromatic carbocycles. The van der Waals surface area contributed by atoms with Gasteiger partial charge < -0.3 is 19.3 Å². The highest BCUT2D eigenvalue weighted by Gasteiger charge is 2.23. The lowest BCUT2D eigenvalue weighted by molar-refractivity contribution is 0.165. The highest BCUT2D eigenvalue weighted by molar-refractivity contribution is 7.89. The molecule has 146 valence electrons. The molecule has 27 heavy (non-hydrogen) atoms. The standard InChI is InChI=1S/C19H23NO6S/c1-12-8-18(24-3)19(9-13(12)2)27(22,23)20-11-15(21)14-4-5-16-17(10-14)26-7-6-25-16/h4-5,8-10,15,20-21H,6-7,11H2,1-3H3. The van der Waals surface area contributed by atoms with Gasteiger partial charge in [-0.15, -0.1) is 0 Å². The van der Waals surface area contributed by atoms with E-state index in [9.17, 15) is 13.5 Å². The summed E-state index contributed by atoms with van der Waals surface area (Å²) in [5.41, 5.74) is 2.31. The molecule has 1 heterocycles. The van der Waals surface area contributed by atoms with Crippen LogP contribution in [0, 0.1) is 13.8 Å². The molecule has 1 aliphatic heterocycles. The molecule has 7 nitrogen and oxygen atoms in total. The molecule has 3 rings (SSSR count). The second-order valence-electron chi connectivity index (χ2n) is 6.36. The third-order valence-corrected chi connectivity index (χ3v) is 5.93. The Kier molecular flexibility index (Phi) is 5.59. The predicted octanol–water partition coefficient (Wildman–Crippen LogP) is 2.10.